The van der Waals surface area contributed by atoms with Gasteiger partial charge < -0.3 is 4.74 Å². The summed E-state index contributed by atoms with van der Waals surface area (Å²) in [7, 11) is -2.45. The second kappa shape index (κ2) is 6.21. The Hall–Kier alpha value is -1.34. The van der Waals surface area contributed by atoms with Crippen molar-refractivity contribution >= 4 is 27.1 Å². The normalized spacial score (nSPS) is 13.0. The second-order valence-corrected chi connectivity index (χ2v) is 6.64. The van der Waals surface area contributed by atoms with Crippen molar-refractivity contribution in [1.29, 1.82) is 0 Å². The summed E-state index contributed by atoms with van der Waals surface area (Å²) >= 11 is 5.53. The van der Waals surface area contributed by atoms with Crippen LogP contribution in [-0.2, 0) is 9.84 Å². The van der Waals surface area contributed by atoms with Gasteiger partial charge in [-0.05, 0) is 19.4 Å². The molecule has 19 heavy (non-hydrogen) atoms. The molecule has 0 bridgehead atoms. The topological polar surface area (TPSA) is 86.5 Å². The zero-order valence-corrected chi connectivity index (χ0v) is 12.1. The molecule has 0 aliphatic heterocycles. The number of nitrogens with zero attached hydrogens (tertiary/aromatic N) is 1. The third-order valence-electron chi connectivity index (χ3n) is 2.72. The number of nitro groups is 1. The van der Waals surface area contributed by atoms with E-state index in [0.717, 1.165) is 12.1 Å². The lowest BCUT2D eigenvalue weighted by Gasteiger charge is -2.12. The molecule has 0 N–H and O–H groups in total. The van der Waals surface area contributed by atoms with Gasteiger partial charge in [0.2, 0.25) is 0 Å². The number of halogens is 1. The molecule has 1 atom stereocenters. The fourth-order valence-corrected chi connectivity index (χ4v) is 3.56. The van der Waals surface area contributed by atoms with Crippen LogP contribution in [0.4, 0.5) is 5.69 Å². The van der Waals surface area contributed by atoms with Crippen molar-refractivity contribution in [3.05, 3.63) is 28.3 Å². The molecule has 0 fully saturated rings. The largest absolute Gasteiger partial charge is 0.497 e. The predicted molar refractivity (Wildman–Crippen MR) is 71.6 cm³/mol. The minimum Gasteiger partial charge on any atom is -0.497 e. The lowest BCUT2D eigenvalue weighted by atomic mass is 10.3. The highest BCUT2D eigenvalue weighted by molar-refractivity contribution is 7.92. The van der Waals surface area contributed by atoms with E-state index in [1.807, 2.05) is 0 Å². The average Bonchev–Trinajstić information content (AvgIpc) is 2.38. The van der Waals surface area contributed by atoms with Crippen LogP contribution >= 0.6 is 11.6 Å². The summed E-state index contributed by atoms with van der Waals surface area (Å²) in [5.41, 5.74) is -0.456. The zero-order chi connectivity index (χ0) is 14.6. The van der Waals surface area contributed by atoms with E-state index >= 15 is 0 Å². The van der Waals surface area contributed by atoms with Crippen LogP contribution in [0, 0.1) is 10.1 Å². The van der Waals surface area contributed by atoms with Gasteiger partial charge in [0.1, 0.15) is 10.6 Å². The van der Waals surface area contributed by atoms with Crippen LogP contribution in [0.5, 0.6) is 5.75 Å². The number of benzene rings is 1. The van der Waals surface area contributed by atoms with Crippen LogP contribution in [0.15, 0.2) is 23.1 Å². The first kappa shape index (κ1) is 15.7. The van der Waals surface area contributed by atoms with Crippen molar-refractivity contribution in [1.82, 2.24) is 0 Å². The van der Waals surface area contributed by atoms with Crippen molar-refractivity contribution in [2.24, 2.45) is 0 Å². The van der Waals surface area contributed by atoms with Crippen molar-refractivity contribution in [3.8, 4) is 5.75 Å². The van der Waals surface area contributed by atoms with E-state index in [4.69, 9.17) is 16.3 Å². The highest BCUT2D eigenvalue weighted by Gasteiger charge is 2.31. The van der Waals surface area contributed by atoms with Gasteiger partial charge in [0.25, 0.3) is 5.69 Å². The summed E-state index contributed by atoms with van der Waals surface area (Å²) in [6, 6.07) is 3.64. The SMILES string of the molecule is COc1ccc([N+](=O)[O-])c(S(=O)(=O)C(C)CCCl)c1. The quantitative estimate of drug-likeness (QED) is 0.457. The van der Waals surface area contributed by atoms with Crippen LogP contribution in [0.25, 0.3) is 0 Å². The van der Waals surface area contributed by atoms with Gasteiger partial charge in [0, 0.05) is 18.0 Å². The van der Waals surface area contributed by atoms with Crippen molar-refractivity contribution in [3.63, 3.8) is 0 Å². The molecule has 0 heterocycles. The van der Waals surface area contributed by atoms with E-state index in [1.165, 1.54) is 20.1 Å². The van der Waals surface area contributed by atoms with Gasteiger partial charge in [-0.1, -0.05) is 0 Å². The molecule has 0 saturated heterocycles. The predicted octanol–water partition coefficient (Wildman–Crippen LogP) is 2.39. The van der Waals surface area contributed by atoms with E-state index in [-0.39, 0.29) is 22.9 Å². The number of methoxy groups -OCH3 is 1. The van der Waals surface area contributed by atoms with Crippen LogP contribution in [0.3, 0.4) is 0 Å². The summed E-state index contributed by atoms with van der Waals surface area (Å²) < 4.78 is 29.5. The van der Waals surface area contributed by atoms with Gasteiger partial charge >= 0.3 is 0 Å². The van der Waals surface area contributed by atoms with Crippen LogP contribution < -0.4 is 4.74 Å². The monoisotopic (exact) mass is 307 g/mol. The molecule has 6 nitrogen and oxygen atoms in total. The summed E-state index contributed by atoms with van der Waals surface area (Å²) in [5, 5.41) is 10.1. The fraction of sp³-hybridized carbons (Fsp3) is 0.455. The minimum atomic E-state index is -3.82. The third kappa shape index (κ3) is 3.36. The summed E-state index contributed by atoms with van der Waals surface area (Å²) in [6.07, 6.45) is 0.220. The molecule has 0 aromatic heterocycles. The first-order valence-corrected chi connectivity index (χ1v) is 7.55. The molecule has 1 unspecified atom stereocenters. The van der Waals surface area contributed by atoms with Gasteiger partial charge in [-0.3, -0.25) is 10.1 Å². The number of ether oxygens (including phenoxy) is 1. The highest BCUT2D eigenvalue weighted by atomic mass is 35.5. The molecular weight excluding hydrogens is 294 g/mol. The Balaban J connectivity index is 3.42. The number of hydrogen-bond acceptors (Lipinski definition) is 5. The molecule has 0 radical (unpaired) electrons. The van der Waals surface area contributed by atoms with Gasteiger partial charge in [-0.15, -0.1) is 11.6 Å². The molecule has 8 heteroatoms. The van der Waals surface area contributed by atoms with Crippen LogP contribution in [-0.4, -0.2) is 31.6 Å². The van der Waals surface area contributed by atoms with Gasteiger partial charge in [-0.25, -0.2) is 8.42 Å². The number of alkyl halides is 1. The molecule has 0 spiro atoms. The maximum atomic E-state index is 12.3. The van der Waals surface area contributed by atoms with Crippen molar-refractivity contribution in [2.75, 3.05) is 13.0 Å². The molecular formula is C11H14ClNO5S. The van der Waals surface area contributed by atoms with Crippen molar-refractivity contribution < 1.29 is 18.1 Å². The first-order chi connectivity index (χ1) is 8.84. The fourth-order valence-electron chi connectivity index (χ4n) is 1.53. The Labute approximate surface area is 116 Å². The standard InChI is InChI=1S/C11H14ClNO5S/c1-8(5-6-12)19(16,17)11-7-9(18-2)3-4-10(11)13(14)15/h3-4,7-8H,5-6H2,1-2H3. The molecule has 1 aromatic rings. The van der Waals surface area contributed by atoms with Crippen molar-refractivity contribution in [2.45, 2.75) is 23.5 Å². The Morgan fingerprint density at radius 2 is 2.11 bits per heavy atom. The Morgan fingerprint density at radius 1 is 1.47 bits per heavy atom. The average molecular weight is 308 g/mol. The number of nitro benzene ring substituents is 1. The molecule has 0 amide bonds. The second-order valence-electron chi connectivity index (χ2n) is 3.92. The summed E-state index contributed by atoms with van der Waals surface area (Å²) in [5.74, 6) is 0.417. The summed E-state index contributed by atoms with van der Waals surface area (Å²) in [6.45, 7) is 1.47. The molecule has 0 aliphatic rings. The lowest BCUT2D eigenvalue weighted by molar-refractivity contribution is -0.387. The maximum Gasteiger partial charge on any atom is 0.288 e. The van der Waals surface area contributed by atoms with Crippen LogP contribution in [0.1, 0.15) is 13.3 Å². The van der Waals surface area contributed by atoms with Crippen LogP contribution in [0.2, 0.25) is 0 Å². The minimum absolute atomic E-state index is 0.165. The van der Waals surface area contributed by atoms with E-state index in [1.54, 1.807) is 0 Å². The number of hydrogen-bond donors (Lipinski definition) is 0. The van der Waals surface area contributed by atoms with E-state index in [0.29, 0.717) is 0 Å². The molecule has 106 valence electrons. The number of sulfone groups is 1. The first-order valence-electron chi connectivity index (χ1n) is 5.47. The Morgan fingerprint density at radius 3 is 2.58 bits per heavy atom. The van der Waals surface area contributed by atoms with E-state index in [2.05, 4.69) is 0 Å². The Bertz CT molecular complexity index is 572. The van der Waals surface area contributed by atoms with E-state index in [9.17, 15) is 18.5 Å². The third-order valence-corrected chi connectivity index (χ3v) is 5.17. The summed E-state index contributed by atoms with van der Waals surface area (Å²) in [4.78, 5) is 9.86. The molecule has 0 saturated carbocycles. The van der Waals surface area contributed by atoms with E-state index < -0.39 is 25.7 Å². The lowest BCUT2D eigenvalue weighted by Crippen LogP contribution is -2.19. The number of rotatable bonds is 6. The van der Waals surface area contributed by atoms with Gasteiger partial charge in [0.05, 0.1) is 17.3 Å². The molecule has 1 aromatic carbocycles. The maximum absolute atomic E-state index is 12.3. The Kier molecular flexibility index (Phi) is 5.13. The zero-order valence-electron chi connectivity index (χ0n) is 10.5. The smallest absolute Gasteiger partial charge is 0.288 e. The molecule has 1 rings (SSSR count). The van der Waals surface area contributed by atoms with Gasteiger partial charge in [-0.2, -0.15) is 0 Å². The van der Waals surface area contributed by atoms with Gasteiger partial charge in [0.15, 0.2) is 9.84 Å². The highest BCUT2D eigenvalue weighted by Crippen LogP contribution is 2.31. The molecule has 0 aliphatic carbocycles.